The Kier molecular flexibility index (Phi) is 4.01. The minimum absolute atomic E-state index is 0.0237. The summed E-state index contributed by atoms with van der Waals surface area (Å²) in [5.41, 5.74) is 1.98. The van der Waals surface area contributed by atoms with Crippen LogP contribution in [-0.4, -0.2) is 14.8 Å². The molecular formula is C18H17NO3. The Bertz CT molecular complexity index is 736. The molecule has 1 heterocycles. The molecule has 0 fully saturated rings. The quantitative estimate of drug-likeness (QED) is 0.757. The van der Waals surface area contributed by atoms with Crippen molar-refractivity contribution in [2.24, 2.45) is 0 Å². The first-order chi connectivity index (χ1) is 10.7. The number of nitrogens with zero attached hydrogens (tertiary/aromatic N) is 1. The average Bonchev–Trinajstić information content (AvgIpc) is 2.82. The van der Waals surface area contributed by atoms with E-state index in [9.17, 15) is 10.2 Å². The Balaban J connectivity index is 1.75. The molecule has 22 heavy (non-hydrogen) atoms. The highest BCUT2D eigenvalue weighted by atomic mass is 16.5. The molecule has 0 atom stereocenters. The van der Waals surface area contributed by atoms with Gasteiger partial charge in [0.15, 0.2) is 11.6 Å². The van der Waals surface area contributed by atoms with Gasteiger partial charge in [0.2, 0.25) is 5.88 Å². The van der Waals surface area contributed by atoms with E-state index in [-0.39, 0.29) is 17.5 Å². The number of aromatic hydroxyl groups is 2. The summed E-state index contributed by atoms with van der Waals surface area (Å²) in [5.74, 6) is 0.180. The molecule has 112 valence electrons. The van der Waals surface area contributed by atoms with E-state index < -0.39 is 0 Å². The van der Waals surface area contributed by atoms with Crippen LogP contribution in [0.15, 0.2) is 66.7 Å². The Labute approximate surface area is 128 Å². The molecule has 1 aromatic heterocycles. The van der Waals surface area contributed by atoms with Gasteiger partial charge < -0.3 is 14.9 Å². The molecule has 0 aliphatic heterocycles. The van der Waals surface area contributed by atoms with Crippen molar-refractivity contribution in [3.05, 3.63) is 77.9 Å². The van der Waals surface area contributed by atoms with Gasteiger partial charge in [-0.25, -0.2) is 0 Å². The van der Waals surface area contributed by atoms with Crippen molar-refractivity contribution >= 4 is 0 Å². The van der Waals surface area contributed by atoms with Gasteiger partial charge in [0.05, 0.1) is 6.54 Å². The molecule has 2 N–H and O–H groups in total. The first-order valence-electron chi connectivity index (χ1n) is 7.06. The summed E-state index contributed by atoms with van der Waals surface area (Å²) in [6.07, 6.45) is 0. The Morgan fingerprint density at radius 2 is 1.41 bits per heavy atom. The first-order valence-corrected chi connectivity index (χ1v) is 7.06. The lowest BCUT2D eigenvalue weighted by atomic mass is 10.2. The summed E-state index contributed by atoms with van der Waals surface area (Å²) in [6, 6.07) is 20.7. The number of aromatic nitrogens is 1. The molecule has 4 heteroatoms. The van der Waals surface area contributed by atoms with Crippen molar-refractivity contribution in [1.29, 1.82) is 0 Å². The van der Waals surface area contributed by atoms with Gasteiger partial charge >= 0.3 is 0 Å². The highest BCUT2D eigenvalue weighted by Gasteiger charge is 2.15. The fourth-order valence-corrected chi connectivity index (χ4v) is 2.26. The standard InChI is InChI=1S/C18H17NO3/c20-17-11-16(22-13-15-9-5-2-6-10-15)18(21)19(17)12-14-7-3-1-4-8-14/h1-11,20-21H,12-13H2. The number of benzene rings is 2. The number of ether oxygens (including phenoxy) is 1. The van der Waals surface area contributed by atoms with E-state index in [1.54, 1.807) is 0 Å². The van der Waals surface area contributed by atoms with E-state index in [0.29, 0.717) is 13.2 Å². The monoisotopic (exact) mass is 295 g/mol. The third-order valence-corrected chi connectivity index (χ3v) is 3.43. The van der Waals surface area contributed by atoms with Gasteiger partial charge in [0.25, 0.3) is 0 Å². The Morgan fingerprint density at radius 3 is 2.05 bits per heavy atom. The Morgan fingerprint density at radius 1 is 0.818 bits per heavy atom. The maximum absolute atomic E-state index is 10.2. The second kappa shape index (κ2) is 6.26. The highest BCUT2D eigenvalue weighted by Crippen LogP contribution is 2.35. The third kappa shape index (κ3) is 3.06. The van der Waals surface area contributed by atoms with Crippen LogP contribution < -0.4 is 4.74 Å². The van der Waals surface area contributed by atoms with Gasteiger partial charge in [0.1, 0.15) is 6.61 Å². The van der Waals surface area contributed by atoms with Crippen LogP contribution in [0.5, 0.6) is 17.5 Å². The lowest BCUT2D eigenvalue weighted by Gasteiger charge is -2.08. The van der Waals surface area contributed by atoms with E-state index in [1.165, 1.54) is 10.6 Å². The molecule has 3 aromatic rings. The van der Waals surface area contributed by atoms with Crippen LogP contribution in [0.4, 0.5) is 0 Å². The second-order valence-electron chi connectivity index (χ2n) is 5.04. The largest absolute Gasteiger partial charge is 0.494 e. The Hall–Kier alpha value is -2.88. The van der Waals surface area contributed by atoms with E-state index in [0.717, 1.165) is 11.1 Å². The summed E-state index contributed by atoms with van der Waals surface area (Å²) < 4.78 is 7.00. The van der Waals surface area contributed by atoms with Gasteiger partial charge in [-0.15, -0.1) is 0 Å². The summed E-state index contributed by atoms with van der Waals surface area (Å²) in [4.78, 5) is 0. The van der Waals surface area contributed by atoms with Crippen LogP contribution in [-0.2, 0) is 13.2 Å². The number of hydrogen-bond acceptors (Lipinski definition) is 3. The molecule has 2 aromatic carbocycles. The van der Waals surface area contributed by atoms with Crippen molar-refractivity contribution in [3.63, 3.8) is 0 Å². The van der Waals surface area contributed by atoms with Crippen LogP contribution in [0.2, 0.25) is 0 Å². The van der Waals surface area contributed by atoms with Crippen molar-refractivity contribution in [2.45, 2.75) is 13.2 Å². The number of rotatable bonds is 5. The fraction of sp³-hybridized carbons (Fsp3) is 0.111. The molecule has 0 saturated carbocycles. The molecule has 0 aliphatic rings. The van der Waals surface area contributed by atoms with E-state index >= 15 is 0 Å². The maximum Gasteiger partial charge on any atom is 0.238 e. The number of hydrogen-bond donors (Lipinski definition) is 2. The third-order valence-electron chi connectivity index (χ3n) is 3.43. The van der Waals surface area contributed by atoms with Crippen molar-refractivity contribution in [1.82, 2.24) is 4.57 Å². The summed E-state index contributed by atoms with van der Waals surface area (Å²) in [6.45, 7) is 0.719. The summed E-state index contributed by atoms with van der Waals surface area (Å²) >= 11 is 0. The molecule has 3 rings (SSSR count). The smallest absolute Gasteiger partial charge is 0.238 e. The van der Waals surface area contributed by atoms with Gasteiger partial charge in [-0.2, -0.15) is 0 Å². The predicted molar refractivity (Wildman–Crippen MR) is 84.1 cm³/mol. The SMILES string of the molecule is Oc1cc(OCc2ccccc2)c(O)n1Cc1ccccc1. The van der Waals surface area contributed by atoms with E-state index in [1.807, 2.05) is 60.7 Å². The molecule has 0 aliphatic carbocycles. The zero-order chi connectivity index (χ0) is 15.4. The van der Waals surface area contributed by atoms with Gasteiger partial charge in [-0.3, -0.25) is 4.57 Å². The molecule has 0 radical (unpaired) electrons. The molecule has 0 saturated heterocycles. The topological polar surface area (TPSA) is 54.6 Å². The lowest BCUT2D eigenvalue weighted by Crippen LogP contribution is -1.99. The molecule has 0 unspecified atom stereocenters. The van der Waals surface area contributed by atoms with Crippen LogP contribution >= 0.6 is 0 Å². The zero-order valence-corrected chi connectivity index (χ0v) is 12.0. The molecular weight excluding hydrogens is 278 g/mol. The predicted octanol–water partition coefficient (Wildman–Crippen LogP) is 3.53. The summed E-state index contributed by atoms with van der Waals surface area (Å²) in [5, 5.41) is 20.2. The van der Waals surface area contributed by atoms with Gasteiger partial charge in [-0.05, 0) is 11.1 Å². The highest BCUT2D eigenvalue weighted by molar-refractivity contribution is 5.42. The second-order valence-corrected chi connectivity index (χ2v) is 5.04. The molecule has 4 nitrogen and oxygen atoms in total. The fourth-order valence-electron chi connectivity index (χ4n) is 2.26. The van der Waals surface area contributed by atoms with Gasteiger partial charge in [0, 0.05) is 6.07 Å². The average molecular weight is 295 g/mol. The maximum atomic E-state index is 10.2. The summed E-state index contributed by atoms with van der Waals surface area (Å²) in [7, 11) is 0. The van der Waals surface area contributed by atoms with Crippen molar-refractivity contribution in [2.75, 3.05) is 0 Å². The van der Waals surface area contributed by atoms with E-state index in [4.69, 9.17) is 4.74 Å². The van der Waals surface area contributed by atoms with E-state index in [2.05, 4.69) is 0 Å². The van der Waals surface area contributed by atoms with Crippen LogP contribution in [0.1, 0.15) is 11.1 Å². The first kappa shape index (κ1) is 14.1. The minimum Gasteiger partial charge on any atom is -0.494 e. The molecule has 0 amide bonds. The van der Waals surface area contributed by atoms with Crippen LogP contribution in [0, 0.1) is 0 Å². The van der Waals surface area contributed by atoms with Gasteiger partial charge in [-0.1, -0.05) is 60.7 Å². The van der Waals surface area contributed by atoms with Crippen molar-refractivity contribution in [3.8, 4) is 17.5 Å². The molecule has 0 bridgehead atoms. The lowest BCUT2D eigenvalue weighted by molar-refractivity contribution is 0.283. The van der Waals surface area contributed by atoms with Crippen LogP contribution in [0.25, 0.3) is 0 Å². The zero-order valence-electron chi connectivity index (χ0n) is 12.0. The normalized spacial score (nSPS) is 10.5. The molecule has 0 spiro atoms. The van der Waals surface area contributed by atoms with Crippen molar-refractivity contribution < 1.29 is 14.9 Å². The van der Waals surface area contributed by atoms with Crippen LogP contribution in [0.3, 0.4) is 0 Å². The minimum atomic E-state index is -0.0720.